The van der Waals surface area contributed by atoms with Crippen molar-refractivity contribution in [3.8, 4) is 5.75 Å². The second-order valence-corrected chi connectivity index (χ2v) is 9.04. The number of alkyl halides is 1. The number of methoxy groups -OCH3 is 1. The molecule has 1 saturated heterocycles. The number of benzene rings is 2. The molecule has 4 N–H and O–H groups in total. The fraction of sp³-hybridized carbons (Fsp3) is 0.320. The standard InChI is InChI=1S/C25H26ClF2N5O5/c1-37-7-8-38-16-5-6-20-17(10-16)19(13-32(20)24(29)35)31-25(36)33-12-15(27)9-21(33)23(34)30-11-14-3-2-4-18(26)22(14)28/h2-6,10,13,15,21H,7-9,11-12H2,1H3,(H2,29,35)(H,30,34)(H,31,36)/t15-,21+/m1/s1. The van der Waals surface area contributed by atoms with Crippen LogP contribution in [0.1, 0.15) is 12.0 Å². The SMILES string of the molecule is COCCOc1ccc2c(c1)c(NC(=O)N1C[C@H](F)C[C@H]1C(=O)NCc1cccc(Cl)c1F)cn2C(N)=O. The summed E-state index contributed by atoms with van der Waals surface area (Å²) in [6.07, 6.45) is -0.325. The largest absolute Gasteiger partial charge is 0.491 e. The number of hydrogen-bond donors (Lipinski definition) is 3. The number of anilines is 1. The highest BCUT2D eigenvalue weighted by Gasteiger charge is 2.40. The van der Waals surface area contributed by atoms with Crippen LogP contribution in [0.4, 0.5) is 24.1 Å². The van der Waals surface area contributed by atoms with Crippen LogP contribution >= 0.6 is 11.6 Å². The molecular formula is C25H26ClF2N5O5. The van der Waals surface area contributed by atoms with Gasteiger partial charge >= 0.3 is 12.1 Å². The molecule has 202 valence electrons. The van der Waals surface area contributed by atoms with E-state index in [4.69, 9.17) is 26.8 Å². The molecule has 2 aromatic carbocycles. The molecule has 0 bridgehead atoms. The third-order valence-corrected chi connectivity index (χ3v) is 6.40. The summed E-state index contributed by atoms with van der Waals surface area (Å²) in [6.45, 7) is 0.125. The topological polar surface area (TPSA) is 128 Å². The van der Waals surface area contributed by atoms with Crippen LogP contribution in [-0.2, 0) is 16.1 Å². The maximum absolute atomic E-state index is 14.4. The second kappa shape index (κ2) is 11.7. The predicted octanol–water partition coefficient (Wildman–Crippen LogP) is 3.65. The van der Waals surface area contributed by atoms with Crippen molar-refractivity contribution in [1.29, 1.82) is 0 Å². The van der Waals surface area contributed by atoms with Crippen molar-refractivity contribution in [2.24, 2.45) is 5.73 Å². The molecule has 38 heavy (non-hydrogen) atoms. The Morgan fingerprint density at radius 2 is 2.00 bits per heavy atom. The molecule has 0 aliphatic carbocycles. The number of likely N-dealkylation sites (tertiary alicyclic amines) is 1. The van der Waals surface area contributed by atoms with Crippen molar-refractivity contribution in [1.82, 2.24) is 14.8 Å². The van der Waals surface area contributed by atoms with E-state index in [2.05, 4.69) is 10.6 Å². The van der Waals surface area contributed by atoms with Crippen LogP contribution in [0.2, 0.25) is 5.02 Å². The van der Waals surface area contributed by atoms with Crippen LogP contribution in [0.5, 0.6) is 5.75 Å². The molecule has 1 fully saturated rings. The molecule has 0 radical (unpaired) electrons. The molecule has 1 aromatic heterocycles. The fourth-order valence-electron chi connectivity index (χ4n) is 4.25. The number of rotatable bonds is 8. The maximum atomic E-state index is 14.4. The van der Waals surface area contributed by atoms with E-state index in [9.17, 15) is 23.2 Å². The van der Waals surface area contributed by atoms with Gasteiger partial charge in [-0.2, -0.15) is 0 Å². The quantitative estimate of drug-likeness (QED) is 0.370. The average molecular weight is 550 g/mol. The molecule has 4 rings (SSSR count). The zero-order valence-corrected chi connectivity index (χ0v) is 21.1. The Morgan fingerprint density at radius 1 is 1.21 bits per heavy atom. The summed E-state index contributed by atoms with van der Waals surface area (Å²) in [4.78, 5) is 39.1. The van der Waals surface area contributed by atoms with Gasteiger partial charge in [0.15, 0.2) is 0 Å². The van der Waals surface area contributed by atoms with Crippen LogP contribution < -0.4 is 21.1 Å². The molecule has 0 spiro atoms. The van der Waals surface area contributed by atoms with Gasteiger partial charge in [0, 0.05) is 37.2 Å². The Balaban J connectivity index is 1.52. The number of urea groups is 1. The molecule has 0 saturated carbocycles. The zero-order chi connectivity index (χ0) is 27.4. The number of fused-ring (bicyclic) bond motifs is 1. The minimum Gasteiger partial charge on any atom is -0.491 e. The minimum atomic E-state index is -1.44. The predicted molar refractivity (Wildman–Crippen MR) is 137 cm³/mol. The van der Waals surface area contributed by atoms with E-state index >= 15 is 0 Å². The first-order valence-corrected chi connectivity index (χ1v) is 12.1. The Hall–Kier alpha value is -3.90. The number of amides is 4. The molecule has 3 aromatic rings. The molecule has 10 nitrogen and oxygen atoms in total. The van der Waals surface area contributed by atoms with Gasteiger partial charge in [0.25, 0.3) is 0 Å². The van der Waals surface area contributed by atoms with E-state index < -0.39 is 36.0 Å². The van der Waals surface area contributed by atoms with E-state index in [1.54, 1.807) is 18.2 Å². The van der Waals surface area contributed by atoms with Gasteiger partial charge in [0.1, 0.15) is 30.4 Å². The summed E-state index contributed by atoms with van der Waals surface area (Å²) < 4.78 is 40.3. The summed E-state index contributed by atoms with van der Waals surface area (Å²) in [5, 5.41) is 5.54. The number of nitrogens with two attached hydrogens (primary N) is 1. The Labute approximate surface area is 221 Å². The zero-order valence-electron chi connectivity index (χ0n) is 20.4. The summed E-state index contributed by atoms with van der Waals surface area (Å²) in [6, 6.07) is 6.57. The third kappa shape index (κ3) is 5.81. The van der Waals surface area contributed by atoms with E-state index in [-0.39, 0.29) is 42.4 Å². The van der Waals surface area contributed by atoms with E-state index in [1.165, 1.54) is 31.5 Å². The maximum Gasteiger partial charge on any atom is 0.323 e. The molecule has 4 amide bonds. The first-order valence-electron chi connectivity index (χ1n) is 11.7. The van der Waals surface area contributed by atoms with Crippen molar-refractivity contribution in [3.05, 3.63) is 59.0 Å². The van der Waals surface area contributed by atoms with E-state index in [0.717, 1.165) is 9.47 Å². The lowest BCUT2D eigenvalue weighted by Gasteiger charge is -2.24. The van der Waals surface area contributed by atoms with Gasteiger partial charge in [-0.05, 0) is 24.3 Å². The number of ether oxygens (including phenoxy) is 2. The van der Waals surface area contributed by atoms with Gasteiger partial charge in [-0.25, -0.2) is 18.4 Å². The summed E-state index contributed by atoms with van der Waals surface area (Å²) in [5.41, 5.74) is 6.25. The van der Waals surface area contributed by atoms with Gasteiger partial charge in [-0.3, -0.25) is 9.36 Å². The lowest BCUT2D eigenvalue weighted by atomic mass is 10.1. The van der Waals surface area contributed by atoms with Crippen LogP contribution in [0.25, 0.3) is 10.9 Å². The van der Waals surface area contributed by atoms with Crippen LogP contribution in [0, 0.1) is 5.82 Å². The van der Waals surface area contributed by atoms with E-state index in [1.807, 2.05) is 0 Å². The van der Waals surface area contributed by atoms with Crippen molar-refractivity contribution in [2.45, 2.75) is 25.2 Å². The number of carbonyl (C=O) groups excluding carboxylic acids is 3. The molecule has 1 aliphatic rings. The first kappa shape index (κ1) is 27.1. The highest BCUT2D eigenvalue weighted by Crippen LogP contribution is 2.31. The second-order valence-electron chi connectivity index (χ2n) is 8.63. The van der Waals surface area contributed by atoms with Crippen LogP contribution in [0.3, 0.4) is 0 Å². The van der Waals surface area contributed by atoms with Crippen molar-refractivity contribution < 1.29 is 32.6 Å². The van der Waals surface area contributed by atoms with Gasteiger partial charge in [-0.15, -0.1) is 0 Å². The molecule has 13 heteroatoms. The van der Waals surface area contributed by atoms with Crippen LogP contribution in [-0.4, -0.2) is 66.5 Å². The van der Waals surface area contributed by atoms with Gasteiger partial charge in [-0.1, -0.05) is 23.7 Å². The highest BCUT2D eigenvalue weighted by atomic mass is 35.5. The van der Waals surface area contributed by atoms with E-state index in [0.29, 0.717) is 23.3 Å². The minimum absolute atomic E-state index is 0.0928. The molecule has 2 heterocycles. The third-order valence-electron chi connectivity index (χ3n) is 6.11. The normalized spacial score (nSPS) is 17.0. The average Bonchev–Trinajstić information content (AvgIpc) is 3.45. The summed E-state index contributed by atoms with van der Waals surface area (Å²) in [7, 11) is 1.54. The number of primary amides is 1. The Morgan fingerprint density at radius 3 is 2.74 bits per heavy atom. The molecule has 1 aliphatic heterocycles. The van der Waals surface area contributed by atoms with Crippen molar-refractivity contribution >= 4 is 46.2 Å². The number of carbonyl (C=O) groups is 3. The van der Waals surface area contributed by atoms with Crippen molar-refractivity contribution in [3.63, 3.8) is 0 Å². The number of nitrogens with one attached hydrogen (secondary N) is 2. The lowest BCUT2D eigenvalue weighted by Crippen LogP contribution is -2.47. The lowest BCUT2D eigenvalue weighted by molar-refractivity contribution is -0.124. The number of nitrogens with zero attached hydrogens (tertiary/aromatic N) is 2. The Bertz CT molecular complexity index is 1370. The number of hydrogen-bond acceptors (Lipinski definition) is 5. The summed E-state index contributed by atoms with van der Waals surface area (Å²) in [5.74, 6) is -0.855. The first-order chi connectivity index (χ1) is 18.2. The monoisotopic (exact) mass is 549 g/mol. The van der Waals surface area contributed by atoms with Crippen LogP contribution in [0.15, 0.2) is 42.6 Å². The highest BCUT2D eigenvalue weighted by molar-refractivity contribution is 6.30. The van der Waals surface area contributed by atoms with Gasteiger partial charge in [0.05, 0.1) is 29.4 Å². The Kier molecular flexibility index (Phi) is 8.32. The van der Waals surface area contributed by atoms with Crippen molar-refractivity contribution in [2.75, 3.05) is 32.2 Å². The molecule has 2 atom stereocenters. The molecule has 0 unspecified atom stereocenters. The number of halogens is 3. The summed E-state index contributed by atoms with van der Waals surface area (Å²) >= 11 is 5.78. The smallest absolute Gasteiger partial charge is 0.323 e. The molecular weight excluding hydrogens is 524 g/mol. The fourth-order valence-corrected chi connectivity index (χ4v) is 4.45. The number of aromatic nitrogens is 1. The van der Waals surface area contributed by atoms with Gasteiger partial charge in [0.2, 0.25) is 5.91 Å². The van der Waals surface area contributed by atoms with Gasteiger partial charge < -0.3 is 30.7 Å².